The van der Waals surface area contributed by atoms with Crippen LogP contribution in [0.15, 0.2) is 107 Å². The minimum Gasteiger partial charge on any atom is -0.496 e. The molecule has 0 unspecified atom stereocenters. The quantitative estimate of drug-likeness (QED) is 0.222. The van der Waals surface area contributed by atoms with Crippen molar-refractivity contribution in [2.75, 3.05) is 7.11 Å². The van der Waals surface area contributed by atoms with Crippen LogP contribution in [0.3, 0.4) is 0 Å². The number of aromatic carboxylic acids is 1. The van der Waals surface area contributed by atoms with Gasteiger partial charge < -0.3 is 14.6 Å². The lowest BCUT2D eigenvalue weighted by atomic mass is 9.92. The van der Waals surface area contributed by atoms with Crippen LogP contribution in [0.5, 0.6) is 11.5 Å². The molecule has 5 rings (SSSR count). The molecule has 0 heterocycles. The van der Waals surface area contributed by atoms with Crippen LogP contribution in [0.1, 0.15) is 27.0 Å². The predicted molar refractivity (Wildman–Crippen MR) is 154 cm³/mol. The zero-order valence-electron chi connectivity index (χ0n) is 21.5. The molecule has 4 nitrogen and oxygen atoms in total. The highest BCUT2D eigenvalue weighted by Gasteiger charge is 2.22. The monoisotopic (exact) mass is 520 g/mol. The molecule has 5 heteroatoms. The van der Waals surface area contributed by atoms with Crippen molar-refractivity contribution in [3.63, 3.8) is 0 Å². The van der Waals surface area contributed by atoms with Crippen LogP contribution in [-0.4, -0.2) is 18.2 Å². The van der Waals surface area contributed by atoms with Crippen LogP contribution in [0.4, 0.5) is 0 Å². The Balaban J connectivity index is 1.76. The van der Waals surface area contributed by atoms with E-state index in [0.717, 1.165) is 31.7 Å². The average molecular weight is 521 g/mol. The minimum absolute atomic E-state index is 0.194. The van der Waals surface area contributed by atoms with Gasteiger partial charge in [0, 0.05) is 15.8 Å². The fraction of sp³-hybridized carbons (Fsp3) is 0.121. The summed E-state index contributed by atoms with van der Waals surface area (Å²) in [4.78, 5) is 14.6. The van der Waals surface area contributed by atoms with E-state index < -0.39 is 5.97 Å². The van der Waals surface area contributed by atoms with E-state index in [4.69, 9.17) is 9.47 Å². The Hall–Kier alpha value is -4.22. The largest absolute Gasteiger partial charge is 0.496 e. The summed E-state index contributed by atoms with van der Waals surface area (Å²) in [5.41, 5.74) is 5.03. The van der Waals surface area contributed by atoms with E-state index in [1.807, 2.05) is 72.8 Å². The molecule has 1 N–H and O–H groups in total. The first-order chi connectivity index (χ1) is 18.5. The Labute approximate surface area is 226 Å². The summed E-state index contributed by atoms with van der Waals surface area (Å²) in [6.45, 7) is 4.51. The third-order valence-electron chi connectivity index (χ3n) is 6.53. The van der Waals surface area contributed by atoms with Gasteiger partial charge in [0.05, 0.1) is 17.6 Å². The molecule has 38 heavy (non-hydrogen) atoms. The zero-order valence-corrected chi connectivity index (χ0v) is 22.3. The first-order valence-corrected chi connectivity index (χ1v) is 13.2. The second-order valence-electron chi connectivity index (χ2n) is 9.11. The Morgan fingerprint density at radius 2 is 1.45 bits per heavy atom. The van der Waals surface area contributed by atoms with Gasteiger partial charge in [0.15, 0.2) is 0 Å². The van der Waals surface area contributed by atoms with E-state index in [-0.39, 0.29) is 5.56 Å². The molecule has 0 saturated carbocycles. The van der Waals surface area contributed by atoms with Crippen molar-refractivity contribution < 1.29 is 19.4 Å². The van der Waals surface area contributed by atoms with Gasteiger partial charge in [0.1, 0.15) is 18.1 Å². The molecule has 0 aliphatic heterocycles. The summed E-state index contributed by atoms with van der Waals surface area (Å²) in [6.07, 6.45) is 0. The van der Waals surface area contributed by atoms with Gasteiger partial charge in [0.2, 0.25) is 0 Å². The first-order valence-electron chi connectivity index (χ1n) is 12.3. The van der Waals surface area contributed by atoms with Gasteiger partial charge in [-0.3, -0.25) is 0 Å². The highest BCUT2D eigenvalue weighted by atomic mass is 32.2. The van der Waals surface area contributed by atoms with Gasteiger partial charge in [-0.2, -0.15) is 0 Å². The number of benzene rings is 5. The molecule has 0 aliphatic carbocycles. The molecular weight excluding hydrogens is 492 g/mol. The van der Waals surface area contributed by atoms with Crippen LogP contribution in [-0.2, 0) is 6.61 Å². The lowest BCUT2D eigenvalue weighted by molar-refractivity contribution is 0.0697. The maximum Gasteiger partial charge on any atom is 0.336 e. The van der Waals surface area contributed by atoms with Crippen LogP contribution < -0.4 is 9.47 Å². The highest BCUT2D eigenvalue weighted by Crippen LogP contribution is 2.46. The van der Waals surface area contributed by atoms with Gasteiger partial charge in [-0.15, -0.1) is 0 Å². The number of hydrogen-bond donors (Lipinski definition) is 1. The van der Waals surface area contributed by atoms with Gasteiger partial charge in [-0.05, 0) is 59.7 Å². The van der Waals surface area contributed by atoms with Gasteiger partial charge in [0.25, 0.3) is 0 Å². The second-order valence-corrected chi connectivity index (χ2v) is 10.2. The molecule has 0 aromatic heterocycles. The number of fused-ring (bicyclic) bond motifs is 1. The second kappa shape index (κ2) is 11.0. The number of aryl methyl sites for hydroxylation is 2. The molecule has 190 valence electrons. The fourth-order valence-corrected chi connectivity index (χ4v) is 5.74. The number of hydrogen-bond acceptors (Lipinski definition) is 4. The van der Waals surface area contributed by atoms with E-state index in [9.17, 15) is 9.90 Å². The molecular formula is C33H28O4S. The third-order valence-corrected chi connectivity index (χ3v) is 7.92. The van der Waals surface area contributed by atoms with Crippen LogP contribution in [0, 0.1) is 13.8 Å². The Bertz CT molecular complexity index is 1590. The third kappa shape index (κ3) is 5.11. The van der Waals surface area contributed by atoms with E-state index in [2.05, 4.69) is 32.0 Å². The summed E-state index contributed by atoms with van der Waals surface area (Å²) in [7, 11) is 1.66. The standard InChI is InChI=1S/C33H28O4S/c1-21-11-10-12-22(2)32(21)38-30-19-26-25(17-29(30)36-3)28(37-20-23-13-6-4-7-14-23)18-27(33(34)35)31(26)24-15-8-5-9-16-24/h4-19H,20H2,1-3H3,(H,34,35). The van der Waals surface area contributed by atoms with Crippen molar-refractivity contribution in [2.45, 2.75) is 30.2 Å². The molecule has 0 fully saturated rings. The SMILES string of the molecule is COc1cc2c(OCc3ccccc3)cc(C(=O)O)c(-c3ccccc3)c2cc1Sc1c(C)cccc1C. The van der Waals surface area contributed by atoms with Crippen molar-refractivity contribution in [1.82, 2.24) is 0 Å². The topological polar surface area (TPSA) is 55.8 Å². The molecule has 0 spiro atoms. The molecule has 0 saturated heterocycles. The van der Waals surface area contributed by atoms with Gasteiger partial charge in [-0.25, -0.2) is 4.79 Å². The molecule has 0 bridgehead atoms. The van der Waals surface area contributed by atoms with E-state index in [1.54, 1.807) is 24.9 Å². The minimum atomic E-state index is -1.00. The smallest absolute Gasteiger partial charge is 0.336 e. The Morgan fingerprint density at radius 1 is 0.789 bits per heavy atom. The molecule has 0 radical (unpaired) electrons. The summed E-state index contributed by atoms with van der Waals surface area (Å²) >= 11 is 1.63. The van der Waals surface area contributed by atoms with Crippen LogP contribution >= 0.6 is 11.8 Å². The summed E-state index contributed by atoms with van der Waals surface area (Å²) in [6, 6.07) is 31.3. The first kappa shape index (κ1) is 25.4. The maximum atomic E-state index is 12.6. The van der Waals surface area contributed by atoms with E-state index in [0.29, 0.717) is 23.7 Å². The number of methoxy groups -OCH3 is 1. The molecule has 5 aromatic rings. The van der Waals surface area contributed by atoms with Gasteiger partial charge in [-0.1, -0.05) is 90.6 Å². The van der Waals surface area contributed by atoms with E-state index in [1.165, 1.54) is 11.1 Å². The molecule has 0 atom stereocenters. The average Bonchev–Trinajstić information content (AvgIpc) is 2.94. The van der Waals surface area contributed by atoms with E-state index >= 15 is 0 Å². The Morgan fingerprint density at radius 3 is 2.08 bits per heavy atom. The van der Waals surface area contributed by atoms with Crippen molar-refractivity contribution in [2.24, 2.45) is 0 Å². The number of carbonyl (C=O) groups is 1. The van der Waals surface area contributed by atoms with Crippen LogP contribution in [0.25, 0.3) is 21.9 Å². The van der Waals surface area contributed by atoms with Crippen molar-refractivity contribution >= 4 is 28.5 Å². The zero-order chi connectivity index (χ0) is 26.6. The lowest BCUT2D eigenvalue weighted by Crippen LogP contribution is -2.04. The summed E-state index contributed by atoms with van der Waals surface area (Å²) in [5.74, 6) is 0.203. The predicted octanol–water partition coefficient (Wildman–Crippen LogP) is 8.56. The van der Waals surface area contributed by atoms with Crippen molar-refractivity contribution in [1.29, 1.82) is 0 Å². The summed E-state index contributed by atoms with van der Waals surface area (Å²) in [5, 5.41) is 11.9. The Kier molecular flexibility index (Phi) is 7.38. The number of rotatable bonds is 8. The summed E-state index contributed by atoms with van der Waals surface area (Å²) < 4.78 is 12.1. The number of carboxylic acid groups (broad SMARTS) is 1. The molecule has 0 aliphatic rings. The maximum absolute atomic E-state index is 12.6. The van der Waals surface area contributed by atoms with Crippen molar-refractivity contribution in [3.8, 4) is 22.6 Å². The fourth-order valence-electron chi connectivity index (χ4n) is 4.65. The van der Waals surface area contributed by atoms with Gasteiger partial charge >= 0.3 is 5.97 Å². The molecule has 0 amide bonds. The molecule has 5 aromatic carbocycles. The normalized spacial score (nSPS) is 10.9. The van der Waals surface area contributed by atoms with Crippen LogP contribution in [0.2, 0.25) is 0 Å². The number of carboxylic acids is 1. The highest BCUT2D eigenvalue weighted by molar-refractivity contribution is 7.99. The van der Waals surface area contributed by atoms with Crippen molar-refractivity contribution in [3.05, 3.63) is 119 Å². The number of ether oxygens (including phenoxy) is 2. The lowest BCUT2D eigenvalue weighted by Gasteiger charge is -2.19.